The summed E-state index contributed by atoms with van der Waals surface area (Å²) in [5.41, 5.74) is 2.76. The Balaban J connectivity index is 0.000000255. The molecule has 5 heteroatoms. The van der Waals surface area contributed by atoms with Gasteiger partial charge in [0.25, 0.3) is 6.47 Å². The Bertz CT molecular complexity index is 136. The van der Waals surface area contributed by atoms with E-state index >= 15 is 0 Å². The summed E-state index contributed by atoms with van der Waals surface area (Å²) in [7, 11) is 0. The Morgan fingerprint density at radius 1 is 1.50 bits per heavy atom. The smallest absolute Gasteiger partial charge is 0.293 e. The van der Waals surface area contributed by atoms with Crippen molar-refractivity contribution in [3.63, 3.8) is 0 Å². The predicted octanol–water partition coefficient (Wildman–Crippen LogP) is -0.230. The Morgan fingerprint density at radius 2 is 2.07 bits per heavy atom. The summed E-state index contributed by atoms with van der Waals surface area (Å²) in [5, 5.41) is 3.25. The minimum Gasteiger partial charge on any atom is -0.465 e. The summed E-state index contributed by atoms with van der Waals surface area (Å²) in [4.78, 5) is 9.39. The lowest BCUT2D eigenvalue weighted by atomic mass is 10.1. The number of rotatable bonds is 3. The van der Waals surface area contributed by atoms with Gasteiger partial charge in [0.15, 0.2) is 0 Å². The number of piperidine rings is 1. The Morgan fingerprint density at radius 3 is 2.29 bits per heavy atom. The molecule has 0 saturated carbocycles. The molecule has 0 spiro atoms. The molecule has 5 nitrogen and oxygen atoms in total. The Labute approximate surface area is 85.3 Å². The molecule has 1 fully saturated rings. The largest absolute Gasteiger partial charge is 0.465 e. The van der Waals surface area contributed by atoms with Crippen LogP contribution in [0.25, 0.3) is 0 Å². The molecule has 1 aliphatic heterocycles. The maximum atomic E-state index is 9.39. The lowest BCUT2D eigenvalue weighted by Crippen LogP contribution is -2.43. The van der Waals surface area contributed by atoms with Gasteiger partial charge in [0, 0.05) is 6.04 Å². The fourth-order valence-corrected chi connectivity index (χ4v) is 1.10. The number of carbonyl (C=O) groups excluding carboxylic acids is 1. The summed E-state index contributed by atoms with van der Waals surface area (Å²) in [6.45, 7) is 6.26. The molecule has 1 heterocycles. The van der Waals surface area contributed by atoms with E-state index in [2.05, 4.69) is 15.5 Å². The zero-order valence-electron chi connectivity index (χ0n) is 8.95. The van der Waals surface area contributed by atoms with Crippen molar-refractivity contribution in [2.75, 3.05) is 13.1 Å². The van der Waals surface area contributed by atoms with E-state index in [1.165, 1.54) is 0 Å². The molecule has 0 unspecified atom stereocenters. The van der Waals surface area contributed by atoms with Gasteiger partial charge in [-0.2, -0.15) is 0 Å². The van der Waals surface area contributed by atoms with Gasteiger partial charge in [-0.3, -0.25) is 16.1 Å². The van der Waals surface area contributed by atoms with Crippen LogP contribution in [-0.2, 0) is 9.53 Å². The molecule has 1 rings (SSSR count). The third-order valence-corrected chi connectivity index (χ3v) is 1.90. The topological polar surface area (TPSA) is 76.4 Å². The summed E-state index contributed by atoms with van der Waals surface area (Å²) >= 11 is 0. The number of nitrogens with two attached hydrogens (primary N) is 1. The zero-order chi connectivity index (χ0) is 10.8. The number of ether oxygens (including phenoxy) is 1. The summed E-state index contributed by atoms with van der Waals surface area (Å²) in [6, 6.07) is 0.552. The highest BCUT2D eigenvalue weighted by Gasteiger charge is 2.08. The van der Waals surface area contributed by atoms with E-state index in [1.54, 1.807) is 13.8 Å². The standard InChI is InChI=1S/C5H13N3.C4H8O2/c6-8-5-1-3-7-4-2-5;1-4(2)6-3-5/h5,7-8H,1-4,6H2;3-4H,1-2H3. The normalized spacial score (nSPS) is 17.1. The molecule has 0 aromatic heterocycles. The molecular formula is C9H21N3O2. The molecule has 0 atom stereocenters. The molecule has 1 aliphatic rings. The number of hydrazine groups is 1. The van der Waals surface area contributed by atoms with E-state index in [4.69, 9.17) is 5.84 Å². The molecule has 84 valence electrons. The summed E-state index contributed by atoms with van der Waals surface area (Å²) < 4.78 is 4.36. The van der Waals surface area contributed by atoms with Crippen molar-refractivity contribution in [3.8, 4) is 0 Å². The summed E-state index contributed by atoms with van der Waals surface area (Å²) in [6.07, 6.45) is 2.36. The van der Waals surface area contributed by atoms with Gasteiger partial charge in [-0.15, -0.1) is 0 Å². The number of carbonyl (C=O) groups is 1. The number of nitrogens with one attached hydrogen (secondary N) is 2. The van der Waals surface area contributed by atoms with Crippen LogP contribution in [0.3, 0.4) is 0 Å². The average Bonchev–Trinajstić information content (AvgIpc) is 2.20. The molecule has 14 heavy (non-hydrogen) atoms. The quantitative estimate of drug-likeness (QED) is 0.335. The fraction of sp³-hybridized carbons (Fsp3) is 0.889. The van der Waals surface area contributed by atoms with E-state index < -0.39 is 0 Å². The fourth-order valence-electron chi connectivity index (χ4n) is 1.10. The Kier molecular flexibility index (Phi) is 8.51. The maximum Gasteiger partial charge on any atom is 0.293 e. The molecule has 0 aliphatic carbocycles. The highest BCUT2D eigenvalue weighted by atomic mass is 16.5. The van der Waals surface area contributed by atoms with Crippen LogP contribution >= 0.6 is 0 Å². The monoisotopic (exact) mass is 203 g/mol. The molecule has 0 aromatic rings. The maximum absolute atomic E-state index is 9.39. The van der Waals surface area contributed by atoms with Gasteiger partial charge in [0.05, 0.1) is 6.10 Å². The molecule has 0 amide bonds. The van der Waals surface area contributed by atoms with Crippen molar-refractivity contribution < 1.29 is 9.53 Å². The number of hydrogen-bond donors (Lipinski definition) is 3. The van der Waals surface area contributed by atoms with Crippen molar-refractivity contribution in [1.82, 2.24) is 10.7 Å². The Hall–Kier alpha value is -0.650. The van der Waals surface area contributed by atoms with Crippen LogP contribution in [0, 0.1) is 0 Å². The van der Waals surface area contributed by atoms with Crippen molar-refractivity contribution in [2.45, 2.75) is 38.8 Å². The average molecular weight is 203 g/mol. The molecule has 0 bridgehead atoms. The van der Waals surface area contributed by atoms with E-state index in [-0.39, 0.29) is 6.10 Å². The van der Waals surface area contributed by atoms with Crippen LogP contribution < -0.4 is 16.6 Å². The second-order valence-corrected chi connectivity index (χ2v) is 3.47. The van der Waals surface area contributed by atoms with Gasteiger partial charge >= 0.3 is 0 Å². The van der Waals surface area contributed by atoms with Crippen molar-refractivity contribution in [2.24, 2.45) is 5.84 Å². The van der Waals surface area contributed by atoms with Gasteiger partial charge in [-0.25, -0.2) is 0 Å². The lowest BCUT2D eigenvalue weighted by molar-refractivity contribution is -0.131. The van der Waals surface area contributed by atoms with Crippen LogP contribution in [0.2, 0.25) is 0 Å². The number of hydrogen-bond acceptors (Lipinski definition) is 5. The molecular weight excluding hydrogens is 182 g/mol. The first-order valence-corrected chi connectivity index (χ1v) is 4.96. The van der Waals surface area contributed by atoms with E-state index in [0.29, 0.717) is 12.5 Å². The van der Waals surface area contributed by atoms with Crippen LogP contribution in [0.1, 0.15) is 26.7 Å². The van der Waals surface area contributed by atoms with Crippen LogP contribution in [0.4, 0.5) is 0 Å². The zero-order valence-corrected chi connectivity index (χ0v) is 8.95. The first-order chi connectivity index (χ1) is 6.70. The molecule has 0 aromatic carbocycles. The second-order valence-electron chi connectivity index (χ2n) is 3.47. The highest BCUT2D eigenvalue weighted by molar-refractivity contribution is 5.37. The van der Waals surface area contributed by atoms with Gasteiger partial charge < -0.3 is 10.1 Å². The molecule has 1 saturated heterocycles. The molecule has 0 radical (unpaired) electrons. The van der Waals surface area contributed by atoms with E-state index in [0.717, 1.165) is 25.9 Å². The molecule has 4 N–H and O–H groups in total. The third kappa shape index (κ3) is 7.97. The first-order valence-electron chi connectivity index (χ1n) is 4.96. The van der Waals surface area contributed by atoms with Crippen molar-refractivity contribution in [1.29, 1.82) is 0 Å². The first kappa shape index (κ1) is 13.4. The van der Waals surface area contributed by atoms with E-state index in [1.807, 2.05) is 0 Å². The summed E-state index contributed by atoms with van der Waals surface area (Å²) in [5.74, 6) is 5.23. The van der Waals surface area contributed by atoms with Crippen molar-refractivity contribution >= 4 is 6.47 Å². The van der Waals surface area contributed by atoms with E-state index in [9.17, 15) is 4.79 Å². The van der Waals surface area contributed by atoms with Gasteiger partial charge in [-0.1, -0.05) is 0 Å². The van der Waals surface area contributed by atoms with Gasteiger partial charge in [-0.05, 0) is 39.8 Å². The highest BCUT2D eigenvalue weighted by Crippen LogP contribution is 1.98. The van der Waals surface area contributed by atoms with Crippen molar-refractivity contribution in [3.05, 3.63) is 0 Å². The predicted molar refractivity (Wildman–Crippen MR) is 55.5 cm³/mol. The lowest BCUT2D eigenvalue weighted by Gasteiger charge is -2.20. The van der Waals surface area contributed by atoms with Crippen LogP contribution in [0.5, 0.6) is 0 Å². The van der Waals surface area contributed by atoms with Gasteiger partial charge in [0.2, 0.25) is 0 Å². The minimum absolute atomic E-state index is 0.0301. The van der Waals surface area contributed by atoms with Gasteiger partial charge in [0.1, 0.15) is 0 Å². The SMILES string of the molecule is CC(C)OC=O.NNC1CCNCC1. The van der Waals surface area contributed by atoms with Crippen LogP contribution in [-0.4, -0.2) is 31.7 Å². The second kappa shape index (κ2) is 8.93. The van der Waals surface area contributed by atoms with Crippen LogP contribution in [0.15, 0.2) is 0 Å². The minimum atomic E-state index is 0.0301. The third-order valence-electron chi connectivity index (χ3n) is 1.90.